The van der Waals surface area contributed by atoms with Gasteiger partial charge in [0.2, 0.25) is 0 Å². The molecular weight excluding hydrogens is 266 g/mol. The number of hydrogen-bond acceptors (Lipinski definition) is 4. The molecule has 21 heavy (non-hydrogen) atoms. The molecule has 3 N–H and O–H groups in total. The molecule has 0 saturated heterocycles. The van der Waals surface area contributed by atoms with Crippen LogP contribution in [0.3, 0.4) is 0 Å². The summed E-state index contributed by atoms with van der Waals surface area (Å²) in [5, 5.41) is 3.18. The number of rotatable bonds is 4. The van der Waals surface area contributed by atoms with Gasteiger partial charge in [-0.2, -0.15) is 0 Å². The van der Waals surface area contributed by atoms with E-state index in [9.17, 15) is 9.59 Å². The summed E-state index contributed by atoms with van der Waals surface area (Å²) in [6, 6.07) is 14.4. The standard InChI is InChI=1S/C16H15N3O2/c17-11-6-7-13-14(10-11)16(21)19(15(13)20)9-8-18-12-4-2-1-3-5-12/h1-7,10,18H,8-9,17H2. The fourth-order valence-electron chi connectivity index (χ4n) is 2.38. The summed E-state index contributed by atoms with van der Waals surface area (Å²) < 4.78 is 0. The number of nitrogens with two attached hydrogens (primary N) is 1. The Morgan fingerprint density at radius 3 is 2.43 bits per heavy atom. The minimum Gasteiger partial charge on any atom is -0.399 e. The lowest BCUT2D eigenvalue weighted by Crippen LogP contribution is -2.34. The molecule has 0 aliphatic carbocycles. The average molecular weight is 281 g/mol. The molecule has 5 nitrogen and oxygen atoms in total. The number of nitrogens with zero attached hydrogens (tertiary/aromatic N) is 1. The first kappa shape index (κ1) is 13.2. The van der Waals surface area contributed by atoms with E-state index in [2.05, 4.69) is 5.32 Å². The maximum Gasteiger partial charge on any atom is 0.261 e. The molecule has 5 heteroatoms. The molecule has 0 spiro atoms. The summed E-state index contributed by atoms with van der Waals surface area (Å²) in [6.07, 6.45) is 0. The molecule has 2 aromatic rings. The van der Waals surface area contributed by atoms with Gasteiger partial charge in [-0.25, -0.2) is 0 Å². The first-order valence-electron chi connectivity index (χ1n) is 6.71. The molecule has 0 unspecified atom stereocenters. The fourth-order valence-corrected chi connectivity index (χ4v) is 2.38. The minimum absolute atomic E-state index is 0.259. The fraction of sp³-hybridized carbons (Fsp3) is 0.125. The zero-order chi connectivity index (χ0) is 14.8. The number of anilines is 2. The molecule has 0 aromatic heterocycles. The van der Waals surface area contributed by atoms with Gasteiger partial charge >= 0.3 is 0 Å². The number of nitrogens with one attached hydrogen (secondary N) is 1. The number of amides is 2. The summed E-state index contributed by atoms with van der Waals surface area (Å²) >= 11 is 0. The van der Waals surface area contributed by atoms with E-state index >= 15 is 0 Å². The minimum atomic E-state index is -0.280. The first-order valence-corrected chi connectivity index (χ1v) is 6.71. The summed E-state index contributed by atoms with van der Waals surface area (Å²) in [6.45, 7) is 0.826. The molecule has 2 aromatic carbocycles. The molecule has 1 aliphatic rings. The molecule has 3 rings (SSSR count). The van der Waals surface area contributed by atoms with Crippen LogP contribution in [0.25, 0.3) is 0 Å². The van der Waals surface area contributed by atoms with Gasteiger partial charge in [-0.3, -0.25) is 14.5 Å². The normalized spacial score (nSPS) is 13.4. The van der Waals surface area contributed by atoms with Crippen molar-refractivity contribution < 1.29 is 9.59 Å². The second kappa shape index (κ2) is 5.28. The van der Waals surface area contributed by atoms with Gasteiger partial charge in [-0.15, -0.1) is 0 Å². The van der Waals surface area contributed by atoms with Crippen molar-refractivity contribution in [1.29, 1.82) is 0 Å². The lowest BCUT2D eigenvalue weighted by molar-refractivity contribution is 0.0660. The van der Waals surface area contributed by atoms with E-state index in [1.807, 2.05) is 30.3 Å². The largest absolute Gasteiger partial charge is 0.399 e. The smallest absolute Gasteiger partial charge is 0.261 e. The average Bonchev–Trinajstić information content (AvgIpc) is 2.73. The predicted octanol–water partition coefficient (Wildman–Crippen LogP) is 1.98. The van der Waals surface area contributed by atoms with E-state index in [1.165, 1.54) is 4.90 Å². The van der Waals surface area contributed by atoms with Gasteiger partial charge in [0.15, 0.2) is 0 Å². The van der Waals surface area contributed by atoms with Crippen LogP contribution in [0.1, 0.15) is 20.7 Å². The van der Waals surface area contributed by atoms with Crippen LogP contribution >= 0.6 is 0 Å². The summed E-state index contributed by atoms with van der Waals surface area (Å²) in [5.74, 6) is -0.540. The van der Waals surface area contributed by atoms with Crippen LogP contribution in [0.2, 0.25) is 0 Å². The molecule has 0 atom stereocenters. The van der Waals surface area contributed by atoms with Gasteiger partial charge in [-0.05, 0) is 30.3 Å². The van der Waals surface area contributed by atoms with E-state index in [0.717, 1.165) is 5.69 Å². The van der Waals surface area contributed by atoms with Gasteiger partial charge in [0.05, 0.1) is 11.1 Å². The number of fused-ring (bicyclic) bond motifs is 1. The molecule has 1 heterocycles. The van der Waals surface area contributed by atoms with E-state index in [1.54, 1.807) is 18.2 Å². The highest BCUT2D eigenvalue weighted by molar-refractivity contribution is 6.21. The molecular formula is C16H15N3O2. The highest BCUT2D eigenvalue weighted by Gasteiger charge is 2.34. The van der Waals surface area contributed by atoms with Gasteiger partial charge in [0.1, 0.15) is 0 Å². The number of imide groups is 1. The third-order valence-electron chi connectivity index (χ3n) is 3.43. The zero-order valence-corrected chi connectivity index (χ0v) is 11.4. The third-order valence-corrected chi connectivity index (χ3v) is 3.43. The number of para-hydroxylation sites is 1. The maximum absolute atomic E-state index is 12.2. The molecule has 0 bridgehead atoms. The van der Waals surface area contributed by atoms with Crippen LogP contribution in [-0.4, -0.2) is 29.8 Å². The van der Waals surface area contributed by atoms with Crippen molar-refractivity contribution in [2.75, 3.05) is 24.1 Å². The third kappa shape index (κ3) is 2.45. The number of benzene rings is 2. The van der Waals surface area contributed by atoms with Crippen molar-refractivity contribution in [1.82, 2.24) is 4.90 Å². The van der Waals surface area contributed by atoms with E-state index in [0.29, 0.717) is 29.9 Å². The maximum atomic E-state index is 12.2. The highest BCUT2D eigenvalue weighted by atomic mass is 16.2. The Bertz CT molecular complexity index is 698. The second-order valence-electron chi connectivity index (χ2n) is 4.86. The summed E-state index contributed by atoms with van der Waals surface area (Å²) in [5.41, 5.74) is 7.92. The SMILES string of the molecule is Nc1ccc2c(c1)C(=O)N(CCNc1ccccc1)C2=O. The van der Waals surface area contributed by atoms with Crippen molar-refractivity contribution in [3.63, 3.8) is 0 Å². The Morgan fingerprint density at radius 1 is 0.952 bits per heavy atom. The predicted molar refractivity (Wildman–Crippen MR) is 81.2 cm³/mol. The monoisotopic (exact) mass is 281 g/mol. The number of carbonyl (C=O) groups is 2. The second-order valence-corrected chi connectivity index (χ2v) is 4.86. The quantitative estimate of drug-likeness (QED) is 0.663. The van der Waals surface area contributed by atoms with Crippen molar-refractivity contribution in [2.45, 2.75) is 0 Å². The van der Waals surface area contributed by atoms with Gasteiger partial charge < -0.3 is 11.1 Å². The highest BCUT2D eigenvalue weighted by Crippen LogP contribution is 2.24. The molecule has 2 amide bonds. The van der Waals surface area contributed by atoms with Crippen molar-refractivity contribution in [2.24, 2.45) is 0 Å². The zero-order valence-electron chi connectivity index (χ0n) is 11.4. The Labute approximate surface area is 122 Å². The van der Waals surface area contributed by atoms with E-state index in [-0.39, 0.29) is 11.8 Å². The van der Waals surface area contributed by atoms with Crippen LogP contribution in [0.5, 0.6) is 0 Å². The van der Waals surface area contributed by atoms with Gasteiger partial charge in [0.25, 0.3) is 11.8 Å². The summed E-state index contributed by atoms with van der Waals surface area (Å²) in [4.78, 5) is 25.7. The van der Waals surface area contributed by atoms with Gasteiger partial charge in [0, 0.05) is 24.5 Å². The van der Waals surface area contributed by atoms with E-state index in [4.69, 9.17) is 5.73 Å². The van der Waals surface area contributed by atoms with E-state index < -0.39 is 0 Å². The number of carbonyl (C=O) groups excluding carboxylic acids is 2. The van der Waals surface area contributed by atoms with Crippen LogP contribution in [0.15, 0.2) is 48.5 Å². The van der Waals surface area contributed by atoms with Crippen LogP contribution in [0, 0.1) is 0 Å². The Kier molecular flexibility index (Phi) is 3.31. The molecule has 0 fully saturated rings. The number of hydrogen-bond donors (Lipinski definition) is 2. The molecule has 0 saturated carbocycles. The number of nitrogen functional groups attached to an aromatic ring is 1. The lowest BCUT2D eigenvalue weighted by Gasteiger charge is -2.14. The van der Waals surface area contributed by atoms with Crippen molar-refractivity contribution in [3.8, 4) is 0 Å². The lowest BCUT2D eigenvalue weighted by atomic mass is 10.1. The van der Waals surface area contributed by atoms with Gasteiger partial charge in [-0.1, -0.05) is 18.2 Å². The topological polar surface area (TPSA) is 75.4 Å². The molecule has 0 radical (unpaired) electrons. The van der Waals surface area contributed by atoms with Crippen molar-refractivity contribution in [3.05, 3.63) is 59.7 Å². The van der Waals surface area contributed by atoms with Crippen LogP contribution in [-0.2, 0) is 0 Å². The first-order chi connectivity index (χ1) is 10.2. The Hall–Kier alpha value is -2.82. The Morgan fingerprint density at radius 2 is 1.67 bits per heavy atom. The van der Waals surface area contributed by atoms with Crippen molar-refractivity contribution >= 4 is 23.2 Å². The molecule has 1 aliphatic heterocycles. The molecule has 106 valence electrons. The van der Waals surface area contributed by atoms with Crippen LogP contribution in [0.4, 0.5) is 11.4 Å². The van der Waals surface area contributed by atoms with Crippen LogP contribution < -0.4 is 11.1 Å². The summed E-state index contributed by atoms with van der Waals surface area (Å²) in [7, 11) is 0. The Balaban J connectivity index is 1.68.